The normalized spacial score (nSPS) is 15.3. The first-order valence-electron chi connectivity index (χ1n) is 10.5. The third-order valence-electron chi connectivity index (χ3n) is 5.45. The number of para-hydroxylation sites is 1. The number of halogens is 1. The average Bonchev–Trinajstić information content (AvgIpc) is 3.25. The van der Waals surface area contributed by atoms with E-state index in [1.165, 1.54) is 0 Å². The van der Waals surface area contributed by atoms with E-state index in [4.69, 9.17) is 5.10 Å². The summed E-state index contributed by atoms with van der Waals surface area (Å²) in [5.74, 6) is -0.931. The molecule has 1 aromatic heterocycles. The monoisotopic (exact) mass is 500 g/mol. The lowest BCUT2D eigenvalue weighted by Gasteiger charge is -2.27. The zero-order valence-corrected chi connectivity index (χ0v) is 19.8. The van der Waals surface area contributed by atoms with E-state index in [9.17, 15) is 14.9 Å². The summed E-state index contributed by atoms with van der Waals surface area (Å²) in [4.78, 5) is 27.0. The Labute approximate surface area is 200 Å². The van der Waals surface area contributed by atoms with E-state index in [1.807, 2.05) is 73.8 Å². The Bertz CT molecular complexity index is 1330. The second-order valence-corrected chi connectivity index (χ2v) is 8.57. The van der Waals surface area contributed by atoms with Gasteiger partial charge in [-0.1, -0.05) is 53.2 Å². The van der Waals surface area contributed by atoms with Crippen LogP contribution in [-0.4, -0.2) is 33.0 Å². The van der Waals surface area contributed by atoms with Crippen LogP contribution in [0.5, 0.6) is 0 Å². The minimum absolute atomic E-state index is 0.00468. The first-order chi connectivity index (χ1) is 15.9. The molecule has 0 radical (unpaired) electrons. The van der Waals surface area contributed by atoms with Crippen LogP contribution < -0.4 is 0 Å². The molecule has 164 valence electrons. The number of aromatic nitrogens is 2. The molecule has 0 aliphatic carbocycles. The molecule has 2 aromatic carbocycles. The molecule has 3 aromatic rings. The van der Waals surface area contributed by atoms with Gasteiger partial charge in [0, 0.05) is 33.9 Å². The van der Waals surface area contributed by atoms with Crippen LogP contribution in [0.4, 0.5) is 0 Å². The van der Waals surface area contributed by atoms with Crippen molar-refractivity contribution in [3.8, 4) is 23.0 Å². The van der Waals surface area contributed by atoms with Crippen LogP contribution in [0.2, 0.25) is 0 Å². The van der Waals surface area contributed by atoms with Crippen LogP contribution in [0.1, 0.15) is 25.8 Å². The fourth-order valence-corrected chi connectivity index (χ4v) is 4.01. The quantitative estimate of drug-likeness (QED) is 0.351. The lowest BCUT2D eigenvalue weighted by molar-refractivity contribution is -0.140. The van der Waals surface area contributed by atoms with Crippen LogP contribution >= 0.6 is 15.9 Å². The summed E-state index contributed by atoms with van der Waals surface area (Å²) in [7, 11) is 0. The predicted molar refractivity (Wildman–Crippen MR) is 130 cm³/mol. The Kier molecular flexibility index (Phi) is 6.38. The lowest BCUT2D eigenvalue weighted by atomic mass is 9.93. The predicted octanol–water partition coefficient (Wildman–Crippen LogP) is 5.30. The molecule has 7 heteroatoms. The third kappa shape index (κ3) is 4.30. The van der Waals surface area contributed by atoms with Gasteiger partial charge < -0.3 is 0 Å². The SMILES string of the molecule is CCCN1C(=O)C(C#N)=C(C)/C(=C\c2cn(-c3ccccc3)nc2-c2ccc(Br)cc2)C1=O. The standard InChI is InChI=1S/C26H21BrN4O2/c1-3-13-30-25(32)22(17(2)23(15-28)26(30)33)14-19-16-31(21-7-5-4-6-8-21)29-24(19)18-9-11-20(27)12-10-18/h4-12,14,16H,3,13H2,1-2H3/b22-14+. The first-order valence-corrected chi connectivity index (χ1v) is 11.3. The van der Waals surface area contributed by atoms with E-state index in [1.54, 1.807) is 17.7 Å². The number of amides is 2. The smallest absolute Gasteiger partial charge is 0.271 e. The van der Waals surface area contributed by atoms with Gasteiger partial charge in [0.05, 0.1) is 11.4 Å². The molecule has 0 bridgehead atoms. The van der Waals surface area contributed by atoms with Crippen molar-refractivity contribution >= 4 is 33.8 Å². The summed E-state index contributed by atoms with van der Waals surface area (Å²) in [6.07, 6.45) is 4.19. The number of carbonyl (C=O) groups excluding carboxylic acids is 2. The van der Waals surface area contributed by atoms with E-state index in [0.717, 1.165) is 20.6 Å². The molecule has 0 fully saturated rings. The summed E-state index contributed by atoms with van der Waals surface area (Å²) >= 11 is 3.46. The zero-order valence-electron chi connectivity index (χ0n) is 18.2. The second kappa shape index (κ2) is 9.39. The molecular formula is C26H21BrN4O2. The topological polar surface area (TPSA) is 79.0 Å². The minimum atomic E-state index is -0.535. The molecular weight excluding hydrogens is 480 g/mol. The Balaban J connectivity index is 1.92. The third-order valence-corrected chi connectivity index (χ3v) is 5.98. The van der Waals surface area contributed by atoms with Crippen molar-refractivity contribution in [2.75, 3.05) is 6.54 Å². The fraction of sp³-hybridized carbons (Fsp3) is 0.154. The van der Waals surface area contributed by atoms with Crippen LogP contribution in [-0.2, 0) is 9.59 Å². The van der Waals surface area contributed by atoms with Gasteiger partial charge >= 0.3 is 0 Å². The van der Waals surface area contributed by atoms with E-state index in [-0.39, 0.29) is 12.1 Å². The molecule has 1 aliphatic rings. The van der Waals surface area contributed by atoms with Gasteiger partial charge in [-0.15, -0.1) is 0 Å². The molecule has 0 saturated heterocycles. The van der Waals surface area contributed by atoms with Gasteiger partial charge in [0.15, 0.2) is 0 Å². The Morgan fingerprint density at radius 3 is 2.39 bits per heavy atom. The highest BCUT2D eigenvalue weighted by atomic mass is 79.9. The van der Waals surface area contributed by atoms with E-state index in [2.05, 4.69) is 15.9 Å². The lowest BCUT2D eigenvalue weighted by Crippen LogP contribution is -2.43. The Morgan fingerprint density at radius 2 is 1.76 bits per heavy atom. The molecule has 0 N–H and O–H groups in total. The number of hydrogen-bond acceptors (Lipinski definition) is 4. The maximum atomic E-state index is 13.2. The van der Waals surface area contributed by atoms with Crippen molar-refractivity contribution in [1.82, 2.24) is 14.7 Å². The second-order valence-electron chi connectivity index (χ2n) is 7.65. The Morgan fingerprint density at radius 1 is 1.06 bits per heavy atom. The Hall–Kier alpha value is -3.76. The highest BCUT2D eigenvalue weighted by Crippen LogP contribution is 2.31. The summed E-state index contributed by atoms with van der Waals surface area (Å²) < 4.78 is 2.71. The fourth-order valence-electron chi connectivity index (χ4n) is 3.75. The van der Waals surface area contributed by atoms with Gasteiger partial charge in [-0.05, 0) is 49.3 Å². The molecule has 33 heavy (non-hydrogen) atoms. The summed E-state index contributed by atoms with van der Waals surface area (Å²) in [5, 5.41) is 14.4. The highest BCUT2D eigenvalue weighted by Gasteiger charge is 2.35. The molecule has 0 atom stereocenters. The number of imide groups is 1. The van der Waals surface area contributed by atoms with Gasteiger partial charge in [0.25, 0.3) is 11.8 Å². The molecule has 2 heterocycles. The van der Waals surface area contributed by atoms with Crippen molar-refractivity contribution in [1.29, 1.82) is 5.26 Å². The van der Waals surface area contributed by atoms with Crippen molar-refractivity contribution in [2.45, 2.75) is 20.3 Å². The van der Waals surface area contributed by atoms with E-state index in [0.29, 0.717) is 28.8 Å². The zero-order chi connectivity index (χ0) is 23.5. The summed E-state index contributed by atoms with van der Waals surface area (Å²) in [6, 6.07) is 19.4. The summed E-state index contributed by atoms with van der Waals surface area (Å²) in [6.45, 7) is 3.79. The molecule has 0 spiro atoms. The maximum absolute atomic E-state index is 13.2. The van der Waals surface area contributed by atoms with Crippen LogP contribution in [0.3, 0.4) is 0 Å². The molecule has 0 saturated carbocycles. The van der Waals surface area contributed by atoms with Crippen LogP contribution in [0.15, 0.2) is 82.0 Å². The number of benzene rings is 2. The molecule has 0 unspecified atom stereocenters. The van der Waals surface area contributed by atoms with Crippen LogP contribution in [0, 0.1) is 11.3 Å². The number of nitrogens with zero attached hydrogens (tertiary/aromatic N) is 4. The van der Waals surface area contributed by atoms with Gasteiger partial charge in [-0.3, -0.25) is 14.5 Å². The molecule has 6 nitrogen and oxygen atoms in total. The highest BCUT2D eigenvalue weighted by molar-refractivity contribution is 9.10. The van der Waals surface area contributed by atoms with E-state index >= 15 is 0 Å². The van der Waals surface area contributed by atoms with E-state index < -0.39 is 11.8 Å². The number of nitriles is 1. The van der Waals surface area contributed by atoms with Crippen molar-refractivity contribution in [3.05, 3.63) is 87.5 Å². The molecule has 1 aliphatic heterocycles. The van der Waals surface area contributed by atoms with Crippen LogP contribution in [0.25, 0.3) is 23.0 Å². The van der Waals surface area contributed by atoms with Crippen molar-refractivity contribution in [2.24, 2.45) is 0 Å². The summed E-state index contributed by atoms with van der Waals surface area (Å²) in [5.41, 5.74) is 3.87. The number of hydrogen-bond donors (Lipinski definition) is 0. The molecule has 4 rings (SSSR count). The molecule has 2 amide bonds. The van der Waals surface area contributed by atoms with Gasteiger partial charge in [0.1, 0.15) is 11.6 Å². The number of carbonyl (C=O) groups is 2. The minimum Gasteiger partial charge on any atom is -0.274 e. The first kappa shape index (κ1) is 22.4. The van der Waals surface area contributed by atoms with Crippen molar-refractivity contribution in [3.63, 3.8) is 0 Å². The largest absolute Gasteiger partial charge is 0.274 e. The van der Waals surface area contributed by atoms with Gasteiger partial charge in [0.2, 0.25) is 0 Å². The maximum Gasteiger partial charge on any atom is 0.271 e. The van der Waals surface area contributed by atoms with Gasteiger partial charge in [-0.25, -0.2) is 4.68 Å². The number of rotatable bonds is 5. The average molecular weight is 501 g/mol. The van der Waals surface area contributed by atoms with Crippen molar-refractivity contribution < 1.29 is 9.59 Å². The van der Waals surface area contributed by atoms with Gasteiger partial charge in [-0.2, -0.15) is 10.4 Å².